The van der Waals surface area contributed by atoms with Crippen molar-refractivity contribution >= 4 is 24.8 Å². The van der Waals surface area contributed by atoms with Gasteiger partial charge in [-0.15, -0.1) is 0 Å². The quantitative estimate of drug-likeness (QED) is 0.0399. The SMILES string of the molecule is COc1ccc(/C=C2\OO[C@H]3[C@H](OCc4ccccc4)[C@H](OCc4ccccc4)C(O[C@H]4[C@H](OCc5ccccc5)[C@H](OCc5ccccc5)[C@@H](OC)O[C@@H]4COCc4ccccc4)O[C@@H]3[C@H]2O[Si](c2ccccc2)(c2ccccc2)C(C)(C)C)cc1. The van der Waals surface area contributed by atoms with Gasteiger partial charge in [-0.3, -0.25) is 0 Å². The molecule has 452 valence electrons. The van der Waals surface area contributed by atoms with E-state index in [-0.39, 0.29) is 33.0 Å². The van der Waals surface area contributed by atoms with E-state index in [0.29, 0.717) is 18.1 Å². The van der Waals surface area contributed by atoms with Crippen molar-refractivity contribution < 1.29 is 61.6 Å². The van der Waals surface area contributed by atoms with Crippen LogP contribution in [0.25, 0.3) is 6.08 Å². The van der Waals surface area contributed by atoms with Gasteiger partial charge in [0, 0.05) is 7.11 Å². The Morgan fingerprint density at radius 3 is 1.31 bits per heavy atom. The number of hydrogen-bond acceptors (Lipinski definition) is 13. The van der Waals surface area contributed by atoms with Crippen LogP contribution in [0.1, 0.15) is 54.2 Å². The van der Waals surface area contributed by atoms with Gasteiger partial charge in [-0.05, 0) is 67.0 Å². The summed E-state index contributed by atoms with van der Waals surface area (Å²) in [6, 6.07) is 78.9. The van der Waals surface area contributed by atoms with Crippen LogP contribution in [0.2, 0.25) is 5.04 Å². The van der Waals surface area contributed by atoms with E-state index in [1.807, 2.05) is 194 Å². The summed E-state index contributed by atoms with van der Waals surface area (Å²) in [4.78, 5) is 13.5. The molecule has 8 aromatic carbocycles. The van der Waals surface area contributed by atoms with Gasteiger partial charge in [0.1, 0.15) is 54.6 Å². The van der Waals surface area contributed by atoms with Gasteiger partial charge in [0.15, 0.2) is 24.4 Å². The molecule has 0 aromatic heterocycles. The van der Waals surface area contributed by atoms with Crippen molar-refractivity contribution in [3.05, 3.63) is 276 Å². The molecule has 0 amide bonds. The molecule has 3 aliphatic heterocycles. The second-order valence-electron chi connectivity index (χ2n) is 23.1. The van der Waals surface area contributed by atoms with E-state index in [1.165, 1.54) is 0 Å². The molecule has 0 saturated carbocycles. The maximum absolute atomic E-state index is 8.23. The van der Waals surface area contributed by atoms with Crippen LogP contribution in [0.3, 0.4) is 0 Å². The van der Waals surface area contributed by atoms with Crippen molar-refractivity contribution in [3.8, 4) is 5.75 Å². The van der Waals surface area contributed by atoms with E-state index >= 15 is 0 Å². The van der Waals surface area contributed by atoms with Crippen LogP contribution in [-0.2, 0) is 89.9 Å². The highest BCUT2D eigenvalue weighted by Crippen LogP contribution is 2.45. The normalized spacial score (nSPS) is 24.4. The number of benzene rings is 8. The van der Waals surface area contributed by atoms with Crippen molar-refractivity contribution in [3.63, 3.8) is 0 Å². The van der Waals surface area contributed by atoms with Gasteiger partial charge >= 0.3 is 0 Å². The van der Waals surface area contributed by atoms with Crippen molar-refractivity contribution in [2.75, 3.05) is 20.8 Å². The summed E-state index contributed by atoms with van der Waals surface area (Å²) >= 11 is 0. The summed E-state index contributed by atoms with van der Waals surface area (Å²) < 4.78 is 77.9. The Bertz CT molecular complexity index is 3290. The number of ether oxygens (including phenoxy) is 10. The fourth-order valence-electron chi connectivity index (χ4n) is 11.8. The summed E-state index contributed by atoms with van der Waals surface area (Å²) in [5, 5.41) is 1.64. The van der Waals surface area contributed by atoms with E-state index in [4.69, 9.17) is 61.6 Å². The molecule has 0 bridgehead atoms. The molecule has 3 aliphatic rings. The van der Waals surface area contributed by atoms with E-state index < -0.39 is 80.9 Å². The van der Waals surface area contributed by atoms with Crippen molar-refractivity contribution in [1.82, 2.24) is 0 Å². The third kappa shape index (κ3) is 15.1. The van der Waals surface area contributed by atoms with Crippen LogP contribution in [0.15, 0.2) is 242 Å². The standard InChI is InChI=1S/C73H78O13Si/c1-73(2,3)87(59-37-23-11-24-38-59,60-39-25-12-26-40-60)86-64-61(45-52-41-43-58(74-4)44-42-52)84-85-68-66(78-48-55-31-17-8-18-32-55)70(80-50-57-35-21-10-22-36-57)72(83-67(64)68)82-63-62(51-76-46-53-27-13-6-14-28-53)81-71(75-5)69(79-49-56-33-19-9-20-34-56)65(63)77-47-54-29-15-7-16-30-54/h6-45,62-72H,46-51H2,1-5H3/b61-45-/t62-,63-,64+,65+,66+,67-,68+,69+,70+,71+,72?/m1/s1. The zero-order valence-corrected chi connectivity index (χ0v) is 51.0. The summed E-state index contributed by atoms with van der Waals surface area (Å²) in [6.07, 6.45) is -8.54. The third-order valence-electron chi connectivity index (χ3n) is 16.2. The minimum absolute atomic E-state index is 0.0730. The van der Waals surface area contributed by atoms with Gasteiger partial charge in [0.05, 0.1) is 46.8 Å². The molecule has 87 heavy (non-hydrogen) atoms. The Balaban J connectivity index is 1.08. The molecule has 8 aromatic rings. The topological polar surface area (TPSA) is 120 Å². The van der Waals surface area contributed by atoms with E-state index in [1.54, 1.807) is 14.2 Å². The lowest BCUT2D eigenvalue weighted by Gasteiger charge is -2.53. The molecule has 11 rings (SSSR count). The second-order valence-corrected chi connectivity index (χ2v) is 27.3. The van der Waals surface area contributed by atoms with E-state index in [0.717, 1.165) is 43.8 Å². The summed E-state index contributed by atoms with van der Waals surface area (Å²) in [5.74, 6) is 1.09. The molecule has 0 radical (unpaired) electrons. The highest BCUT2D eigenvalue weighted by molar-refractivity contribution is 6.99. The van der Waals surface area contributed by atoms with E-state index in [2.05, 4.69) is 69.3 Å². The second kappa shape index (κ2) is 29.7. The predicted molar refractivity (Wildman–Crippen MR) is 335 cm³/mol. The van der Waals surface area contributed by atoms with Crippen LogP contribution in [0.5, 0.6) is 5.75 Å². The molecule has 3 fully saturated rings. The largest absolute Gasteiger partial charge is 0.497 e. The minimum atomic E-state index is -3.46. The number of fused-ring (bicyclic) bond motifs is 1. The molecule has 3 heterocycles. The van der Waals surface area contributed by atoms with Crippen LogP contribution in [-0.4, -0.2) is 96.7 Å². The predicted octanol–water partition coefficient (Wildman–Crippen LogP) is 12.4. The molecule has 3 saturated heterocycles. The minimum Gasteiger partial charge on any atom is -0.497 e. The first-order chi connectivity index (χ1) is 42.7. The first-order valence-electron chi connectivity index (χ1n) is 29.9. The van der Waals surface area contributed by atoms with Crippen molar-refractivity contribution in [1.29, 1.82) is 0 Å². The molecule has 14 heteroatoms. The lowest BCUT2D eigenvalue weighted by Crippen LogP contribution is -2.72. The smallest absolute Gasteiger partial charge is 0.262 e. The van der Waals surface area contributed by atoms with Gasteiger partial charge in [-0.2, -0.15) is 4.89 Å². The maximum atomic E-state index is 8.23. The number of methoxy groups -OCH3 is 2. The molecular weight excluding hydrogens is 1110 g/mol. The Labute approximate surface area is 512 Å². The molecule has 13 nitrogen and oxygen atoms in total. The van der Waals surface area contributed by atoms with Crippen LogP contribution in [0, 0.1) is 0 Å². The molecule has 0 N–H and O–H groups in total. The highest BCUT2D eigenvalue weighted by atomic mass is 28.4. The Hall–Kier alpha value is -7.12. The average Bonchev–Trinajstić information content (AvgIpc) is 0.796. The summed E-state index contributed by atoms with van der Waals surface area (Å²) in [5.41, 5.74) is 5.58. The zero-order chi connectivity index (χ0) is 59.8. The molecule has 0 aliphatic carbocycles. The first-order valence-corrected chi connectivity index (χ1v) is 31.8. The Kier molecular flexibility index (Phi) is 21.0. The van der Waals surface area contributed by atoms with Crippen molar-refractivity contribution in [2.24, 2.45) is 0 Å². The fourth-order valence-corrected chi connectivity index (χ4v) is 16.4. The van der Waals surface area contributed by atoms with E-state index in [9.17, 15) is 0 Å². The number of hydrogen-bond donors (Lipinski definition) is 0. The Morgan fingerprint density at radius 1 is 0.437 bits per heavy atom. The lowest BCUT2D eigenvalue weighted by atomic mass is 9.92. The summed E-state index contributed by atoms with van der Waals surface area (Å²) in [7, 11) is -0.201. The van der Waals surface area contributed by atoms with Crippen molar-refractivity contribution in [2.45, 2.75) is 126 Å². The van der Waals surface area contributed by atoms with Crippen LogP contribution < -0.4 is 15.1 Å². The van der Waals surface area contributed by atoms with Gasteiger partial charge in [0.25, 0.3) is 8.32 Å². The number of rotatable bonds is 25. The third-order valence-corrected chi connectivity index (χ3v) is 21.2. The van der Waals surface area contributed by atoms with Gasteiger partial charge in [-0.1, -0.05) is 245 Å². The monoisotopic (exact) mass is 1190 g/mol. The summed E-state index contributed by atoms with van der Waals surface area (Å²) in [6.45, 7) is 7.90. The Morgan fingerprint density at radius 2 is 0.862 bits per heavy atom. The van der Waals surface area contributed by atoms with Gasteiger partial charge in [0.2, 0.25) is 0 Å². The maximum Gasteiger partial charge on any atom is 0.262 e. The van der Waals surface area contributed by atoms with Gasteiger partial charge in [-0.25, -0.2) is 0 Å². The molecule has 1 unspecified atom stereocenters. The molecular formula is C73H78O13Si. The fraction of sp³-hybridized carbons (Fsp3) is 0.315. The average molecular weight is 1190 g/mol. The first kappa shape index (κ1) is 61.5. The zero-order valence-electron chi connectivity index (χ0n) is 50.0. The molecule has 11 atom stereocenters. The lowest BCUT2D eigenvalue weighted by molar-refractivity contribution is -0.429. The highest BCUT2D eigenvalue weighted by Gasteiger charge is 2.61. The van der Waals surface area contributed by atoms with Gasteiger partial charge < -0.3 is 56.7 Å². The van der Waals surface area contributed by atoms with Crippen LogP contribution in [0.4, 0.5) is 0 Å². The van der Waals surface area contributed by atoms with Crippen LogP contribution >= 0.6 is 0 Å². The molecule has 0 spiro atoms.